The smallest absolute Gasteiger partial charge is 0.138 e. The van der Waals surface area contributed by atoms with E-state index in [-0.39, 0.29) is 0 Å². The van der Waals surface area contributed by atoms with Crippen LogP contribution in [0.25, 0.3) is 0 Å². The van der Waals surface area contributed by atoms with Crippen LogP contribution in [0.2, 0.25) is 0 Å². The fraction of sp³-hybridized carbons (Fsp3) is 0.750. The summed E-state index contributed by atoms with van der Waals surface area (Å²) in [4.78, 5) is 5.06. The maximum atomic E-state index is 5.22. The van der Waals surface area contributed by atoms with E-state index in [4.69, 9.17) is 4.52 Å². The highest BCUT2D eigenvalue weighted by Gasteiger charge is 2.41. The van der Waals surface area contributed by atoms with Gasteiger partial charge in [-0.2, -0.15) is 0 Å². The van der Waals surface area contributed by atoms with Crippen LogP contribution in [0.3, 0.4) is 0 Å². The molecule has 0 spiro atoms. The van der Waals surface area contributed by atoms with Crippen molar-refractivity contribution in [1.29, 1.82) is 0 Å². The second kappa shape index (κ2) is 3.57. The van der Waals surface area contributed by atoms with Crippen LogP contribution >= 0.6 is 0 Å². The number of likely N-dealkylation sites (N-methyl/N-ethyl adjacent to an activating group) is 1. The van der Waals surface area contributed by atoms with Crippen molar-refractivity contribution in [3.8, 4) is 0 Å². The Bertz CT molecular complexity index is 379. The van der Waals surface area contributed by atoms with E-state index in [1.807, 2.05) is 13.8 Å². The summed E-state index contributed by atoms with van der Waals surface area (Å²) in [5.41, 5.74) is 2.34. The molecule has 0 radical (unpaired) electrons. The molecule has 16 heavy (non-hydrogen) atoms. The molecule has 4 heteroatoms. The highest BCUT2D eigenvalue weighted by Crippen LogP contribution is 2.31. The number of piperazine rings is 1. The largest absolute Gasteiger partial charge is 0.361 e. The van der Waals surface area contributed by atoms with Gasteiger partial charge in [0.15, 0.2) is 0 Å². The number of likely N-dealkylation sites (tertiary alicyclic amines) is 2. The monoisotopic (exact) mass is 221 g/mol. The molecule has 2 bridgehead atoms. The molecule has 2 atom stereocenters. The highest BCUT2D eigenvalue weighted by atomic mass is 16.5. The van der Waals surface area contributed by atoms with Crippen molar-refractivity contribution < 1.29 is 4.52 Å². The molecule has 3 rings (SSSR count). The minimum atomic E-state index is 0.740. The van der Waals surface area contributed by atoms with Gasteiger partial charge in [0.25, 0.3) is 0 Å². The minimum Gasteiger partial charge on any atom is -0.361 e. The van der Waals surface area contributed by atoms with Crippen LogP contribution < -0.4 is 0 Å². The Labute approximate surface area is 96.2 Å². The third kappa shape index (κ3) is 1.48. The standard InChI is InChI=1S/C12H19N3O/c1-8-12(9(2)16-13-8)7-15-6-10-4-11(15)5-14(10)3/h10-11H,4-7H2,1-3H3. The van der Waals surface area contributed by atoms with Crippen molar-refractivity contribution in [2.24, 2.45) is 0 Å². The van der Waals surface area contributed by atoms with Gasteiger partial charge in [-0.05, 0) is 27.3 Å². The Morgan fingerprint density at radius 1 is 1.31 bits per heavy atom. The van der Waals surface area contributed by atoms with Gasteiger partial charge in [0.1, 0.15) is 5.76 Å². The fourth-order valence-corrected chi connectivity index (χ4v) is 3.07. The lowest BCUT2D eigenvalue weighted by Crippen LogP contribution is -2.44. The molecule has 88 valence electrons. The van der Waals surface area contributed by atoms with Crippen LogP contribution in [0.15, 0.2) is 4.52 Å². The number of hydrogen-bond acceptors (Lipinski definition) is 4. The van der Waals surface area contributed by atoms with Crippen LogP contribution in [0.1, 0.15) is 23.4 Å². The molecule has 2 aliphatic rings. The Morgan fingerprint density at radius 2 is 2.12 bits per heavy atom. The lowest BCUT2D eigenvalue weighted by atomic mass is 10.1. The van der Waals surface area contributed by atoms with Gasteiger partial charge in [-0.1, -0.05) is 5.16 Å². The molecule has 0 aromatic carbocycles. The van der Waals surface area contributed by atoms with Crippen molar-refractivity contribution in [3.63, 3.8) is 0 Å². The fourth-order valence-electron chi connectivity index (χ4n) is 3.07. The summed E-state index contributed by atoms with van der Waals surface area (Å²) in [6.07, 6.45) is 1.33. The van der Waals surface area contributed by atoms with Crippen molar-refractivity contribution in [3.05, 3.63) is 17.0 Å². The summed E-state index contributed by atoms with van der Waals surface area (Å²) >= 11 is 0. The molecule has 0 aliphatic carbocycles. The first kappa shape index (κ1) is 10.3. The van der Waals surface area contributed by atoms with E-state index >= 15 is 0 Å². The number of nitrogens with zero attached hydrogens (tertiary/aromatic N) is 3. The zero-order valence-electron chi connectivity index (χ0n) is 10.2. The van der Waals surface area contributed by atoms with Crippen molar-refractivity contribution in [2.45, 2.75) is 38.9 Å². The molecule has 2 saturated heterocycles. The zero-order valence-corrected chi connectivity index (χ0v) is 10.2. The first-order valence-electron chi connectivity index (χ1n) is 6.01. The minimum absolute atomic E-state index is 0.740. The molecule has 1 aromatic rings. The van der Waals surface area contributed by atoms with Crippen LogP contribution in [-0.2, 0) is 6.54 Å². The van der Waals surface area contributed by atoms with Crippen LogP contribution in [0, 0.1) is 13.8 Å². The number of fused-ring (bicyclic) bond motifs is 2. The van der Waals surface area contributed by atoms with E-state index in [0.717, 1.165) is 30.1 Å². The Morgan fingerprint density at radius 3 is 2.62 bits per heavy atom. The molecule has 1 aromatic heterocycles. The molecule has 0 amide bonds. The maximum Gasteiger partial charge on any atom is 0.138 e. The van der Waals surface area contributed by atoms with Crippen LogP contribution in [-0.4, -0.2) is 47.2 Å². The number of hydrogen-bond donors (Lipinski definition) is 0. The molecular formula is C12H19N3O. The summed E-state index contributed by atoms with van der Waals surface area (Å²) in [5, 5.41) is 4.02. The lowest BCUT2D eigenvalue weighted by Gasteiger charge is -2.31. The molecule has 0 N–H and O–H groups in total. The molecule has 2 fully saturated rings. The van der Waals surface area contributed by atoms with Crippen LogP contribution in [0.4, 0.5) is 0 Å². The summed E-state index contributed by atoms with van der Waals surface area (Å²) in [5.74, 6) is 0.980. The van der Waals surface area contributed by atoms with Gasteiger partial charge in [0.2, 0.25) is 0 Å². The molecule has 4 nitrogen and oxygen atoms in total. The average molecular weight is 221 g/mol. The van der Waals surface area contributed by atoms with E-state index in [2.05, 4.69) is 22.0 Å². The zero-order chi connectivity index (χ0) is 11.3. The maximum absolute atomic E-state index is 5.22. The Hall–Kier alpha value is -0.870. The summed E-state index contributed by atoms with van der Waals surface area (Å²) in [6, 6.07) is 1.51. The highest BCUT2D eigenvalue weighted by molar-refractivity contribution is 5.21. The summed E-state index contributed by atoms with van der Waals surface area (Å²) < 4.78 is 5.22. The molecule has 2 unspecified atom stereocenters. The molecule has 2 aliphatic heterocycles. The van der Waals surface area contributed by atoms with Gasteiger partial charge in [-0.3, -0.25) is 4.90 Å². The van der Waals surface area contributed by atoms with Gasteiger partial charge >= 0.3 is 0 Å². The Balaban J connectivity index is 1.73. The van der Waals surface area contributed by atoms with Gasteiger partial charge in [0, 0.05) is 37.3 Å². The van der Waals surface area contributed by atoms with Crippen molar-refractivity contribution in [1.82, 2.24) is 15.0 Å². The molecular weight excluding hydrogens is 202 g/mol. The molecule has 3 heterocycles. The lowest BCUT2D eigenvalue weighted by molar-refractivity contribution is 0.143. The summed E-state index contributed by atoms with van der Waals surface area (Å²) in [7, 11) is 2.23. The predicted octanol–water partition coefficient (Wildman–Crippen LogP) is 1.18. The third-order valence-electron chi connectivity index (χ3n) is 4.17. The van der Waals surface area contributed by atoms with Gasteiger partial charge in [-0.15, -0.1) is 0 Å². The Kier molecular flexibility index (Phi) is 2.30. The van der Waals surface area contributed by atoms with Crippen molar-refractivity contribution in [2.75, 3.05) is 20.1 Å². The summed E-state index contributed by atoms with van der Waals surface area (Å²) in [6.45, 7) is 7.47. The van der Waals surface area contributed by atoms with E-state index in [0.29, 0.717) is 0 Å². The quantitative estimate of drug-likeness (QED) is 0.750. The number of aryl methyl sites for hydroxylation is 2. The van der Waals surface area contributed by atoms with Crippen LogP contribution in [0.5, 0.6) is 0 Å². The topological polar surface area (TPSA) is 32.5 Å². The normalized spacial score (nSPS) is 30.4. The third-order valence-corrected chi connectivity index (χ3v) is 4.17. The van der Waals surface area contributed by atoms with E-state index in [1.165, 1.54) is 25.1 Å². The first-order valence-corrected chi connectivity index (χ1v) is 6.01. The SMILES string of the molecule is Cc1noc(C)c1CN1CC2CC1CN2C. The first-order chi connectivity index (χ1) is 7.65. The van der Waals surface area contributed by atoms with E-state index < -0.39 is 0 Å². The second-order valence-electron chi connectivity index (χ2n) is 5.22. The van der Waals surface area contributed by atoms with E-state index in [9.17, 15) is 0 Å². The number of aromatic nitrogens is 1. The second-order valence-corrected chi connectivity index (χ2v) is 5.22. The number of rotatable bonds is 2. The van der Waals surface area contributed by atoms with Gasteiger partial charge < -0.3 is 9.42 Å². The van der Waals surface area contributed by atoms with Crippen molar-refractivity contribution >= 4 is 0 Å². The van der Waals surface area contributed by atoms with E-state index in [1.54, 1.807) is 0 Å². The predicted molar refractivity (Wildman–Crippen MR) is 61.2 cm³/mol. The van der Waals surface area contributed by atoms with Gasteiger partial charge in [0.05, 0.1) is 5.69 Å². The van der Waals surface area contributed by atoms with Gasteiger partial charge in [-0.25, -0.2) is 0 Å². The molecule has 0 saturated carbocycles. The average Bonchev–Trinajstić information content (AvgIpc) is 2.87.